The van der Waals surface area contributed by atoms with Gasteiger partial charge in [0.1, 0.15) is 5.60 Å². The Bertz CT molecular complexity index is 269. The maximum atomic E-state index is 11.8. The van der Waals surface area contributed by atoms with E-state index in [2.05, 4.69) is 4.90 Å². The monoisotopic (exact) mass is 226 g/mol. The van der Waals surface area contributed by atoms with Crippen molar-refractivity contribution in [2.45, 2.75) is 45.3 Å². The molecule has 0 aliphatic carbocycles. The van der Waals surface area contributed by atoms with Gasteiger partial charge in [-0.05, 0) is 46.7 Å². The van der Waals surface area contributed by atoms with E-state index in [9.17, 15) is 4.79 Å². The summed E-state index contributed by atoms with van der Waals surface area (Å²) >= 11 is 0. The van der Waals surface area contributed by atoms with Crippen LogP contribution in [-0.4, -0.2) is 53.7 Å². The molecule has 92 valence electrons. The normalized spacial score (nSPS) is 26.7. The van der Waals surface area contributed by atoms with Crippen molar-refractivity contribution in [2.75, 3.05) is 26.2 Å². The molecule has 2 rings (SSSR count). The van der Waals surface area contributed by atoms with Gasteiger partial charge in [0, 0.05) is 19.1 Å². The Balaban J connectivity index is 1.81. The highest BCUT2D eigenvalue weighted by Crippen LogP contribution is 2.22. The van der Waals surface area contributed by atoms with Crippen molar-refractivity contribution in [3.05, 3.63) is 0 Å². The predicted molar refractivity (Wildman–Crippen MR) is 62.4 cm³/mol. The van der Waals surface area contributed by atoms with Crippen molar-refractivity contribution in [1.82, 2.24) is 9.80 Å². The van der Waals surface area contributed by atoms with Crippen LogP contribution in [0.5, 0.6) is 0 Å². The van der Waals surface area contributed by atoms with Crippen molar-refractivity contribution >= 4 is 6.09 Å². The van der Waals surface area contributed by atoms with Gasteiger partial charge in [0.2, 0.25) is 0 Å². The Morgan fingerprint density at radius 3 is 2.44 bits per heavy atom. The molecule has 4 heteroatoms. The van der Waals surface area contributed by atoms with Gasteiger partial charge in [-0.15, -0.1) is 0 Å². The number of hydrogen-bond acceptors (Lipinski definition) is 3. The predicted octanol–water partition coefficient (Wildman–Crippen LogP) is 1.70. The molecule has 2 heterocycles. The molecule has 1 amide bonds. The molecule has 16 heavy (non-hydrogen) atoms. The largest absolute Gasteiger partial charge is 0.444 e. The van der Waals surface area contributed by atoms with E-state index in [1.54, 1.807) is 0 Å². The smallest absolute Gasteiger partial charge is 0.410 e. The zero-order valence-electron chi connectivity index (χ0n) is 10.5. The summed E-state index contributed by atoms with van der Waals surface area (Å²) in [6.07, 6.45) is 2.25. The van der Waals surface area contributed by atoms with Crippen LogP contribution in [-0.2, 0) is 4.74 Å². The van der Waals surface area contributed by atoms with Gasteiger partial charge in [0.15, 0.2) is 0 Å². The zero-order chi connectivity index (χ0) is 11.8. The average molecular weight is 226 g/mol. The van der Waals surface area contributed by atoms with E-state index < -0.39 is 0 Å². The van der Waals surface area contributed by atoms with E-state index in [-0.39, 0.29) is 11.7 Å². The summed E-state index contributed by atoms with van der Waals surface area (Å²) < 4.78 is 5.37. The number of amides is 1. The fourth-order valence-electron chi connectivity index (χ4n) is 2.24. The molecule has 0 radical (unpaired) electrons. The number of rotatable bonds is 1. The molecule has 0 N–H and O–H groups in total. The molecular weight excluding hydrogens is 204 g/mol. The van der Waals surface area contributed by atoms with E-state index >= 15 is 0 Å². The Morgan fingerprint density at radius 2 is 1.94 bits per heavy atom. The van der Waals surface area contributed by atoms with Gasteiger partial charge in [-0.2, -0.15) is 0 Å². The maximum Gasteiger partial charge on any atom is 0.410 e. The molecular formula is C12H22N2O2. The standard InChI is InChI=1S/C12H22N2O2/c1-12(2,3)16-11(15)14-8-5-10(9-14)13-6-4-7-13/h10H,4-9H2,1-3H3. The lowest BCUT2D eigenvalue weighted by molar-refractivity contribution is 0.0268. The van der Waals surface area contributed by atoms with Gasteiger partial charge in [-0.3, -0.25) is 4.90 Å². The number of likely N-dealkylation sites (tertiary alicyclic amines) is 2. The van der Waals surface area contributed by atoms with Crippen LogP contribution in [0.15, 0.2) is 0 Å². The van der Waals surface area contributed by atoms with Crippen molar-refractivity contribution in [1.29, 1.82) is 0 Å². The first-order chi connectivity index (χ1) is 7.46. The third-order valence-corrected chi connectivity index (χ3v) is 3.22. The number of carbonyl (C=O) groups excluding carboxylic acids is 1. The SMILES string of the molecule is CC(C)(C)OC(=O)N1CCC(N2CCC2)C1. The molecule has 0 saturated carbocycles. The summed E-state index contributed by atoms with van der Waals surface area (Å²) in [6.45, 7) is 9.82. The molecule has 0 aromatic heterocycles. The Morgan fingerprint density at radius 1 is 1.25 bits per heavy atom. The van der Waals surface area contributed by atoms with Gasteiger partial charge in [0.05, 0.1) is 0 Å². The van der Waals surface area contributed by atoms with E-state index in [1.807, 2.05) is 25.7 Å². The molecule has 2 aliphatic heterocycles. The Hall–Kier alpha value is -0.770. The van der Waals surface area contributed by atoms with Crippen LogP contribution in [0.4, 0.5) is 4.79 Å². The van der Waals surface area contributed by atoms with Crippen LogP contribution in [0.2, 0.25) is 0 Å². The highest BCUT2D eigenvalue weighted by Gasteiger charge is 2.34. The van der Waals surface area contributed by atoms with Crippen molar-refractivity contribution < 1.29 is 9.53 Å². The fraction of sp³-hybridized carbons (Fsp3) is 0.917. The third kappa shape index (κ3) is 2.67. The van der Waals surface area contributed by atoms with Crippen LogP contribution in [0.25, 0.3) is 0 Å². The highest BCUT2D eigenvalue weighted by atomic mass is 16.6. The molecule has 0 spiro atoms. The molecule has 0 aromatic rings. The quantitative estimate of drug-likeness (QED) is 0.682. The van der Waals surface area contributed by atoms with Crippen LogP contribution < -0.4 is 0 Å². The molecule has 2 aliphatic rings. The number of hydrogen-bond donors (Lipinski definition) is 0. The molecule has 0 bridgehead atoms. The Kier molecular flexibility index (Phi) is 3.10. The minimum Gasteiger partial charge on any atom is -0.444 e. The zero-order valence-corrected chi connectivity index (χ0v) is 10.5. The molecule has 1 unspecified atom stereocenters. The summed E-state index contributed by atoms with van der Waals surface area (Å²) in [6, 6.07) is 0.571. The first-order valence-electron chi connectivity index (χ1n) is 6.18. The van der Waals surface area contributed by atoms with Gasteiger partial charge < -0.3 is 9.64 Å². The highest BCUT2D eigenvalue weighted by molar-refractivity contribution is 5.68. The first kappa shape index (κ1) is 11.7. The summed E-state index contributed by atoms with van der Waals surface area (Å²) in [7, 11) is 0. The molecule has 4 nitrogen and oxygen atoms in total. The summed E-state index contributed by atoms with van der Waals surface area (Å²) in [5.74, 6) is 0. The maximum absolute atomic E-state index is 11.8. The van der Waals surface area contributed by atoms with E-state index in [0.717, 1.165) is 19.5 Å². The van der Waals surface area contributed by atoms with E-state index in [4.69, 9.17) is 4.74 Å². The molecule has 1 atom stereocenters. The second kappa shape index (κ2) is 4.24. The van der Waals surface area contributed by atoms with Gasteiger partial charge in [0.25, 0.3) is 0 Å². The minimum absolute atomic E-state index is 0.157. The second-order valence-corrected chi connectivity index (χ2v) is 5.76. The van der Waals surface area contributed by atoms with Gasteiger partial charge in [-0.25, -0.2) is 4.79 Å². The van der Waals surface area contributed by atoms with Crippen molar-refractivity contribution in [2.24, 2.45) is 0 Å². The number of carbonyl (C=O) groups is 1. The van der Waals surface area contributed by atoms with E-state index in [1.165, 1.54) is 19.5 Å². The summed E-state index contributed by atoms with van der Waals surface area (Å²) in [4.78, 5) is 16.1. The summed E-state index contributed by atoms with van der Waals surface area (Å²) in [5, 5.41) is 0. The number of nitrogens with zero attached hydrogens (tertiary/aromatic N) is 2. The lowest BCUT2D eigenvalue weighted by atomic mass is 10.1. The van der Waals surface area contributed by atoms with Crippen LogP contribution >= 0.6 is 0 Å². The summed E-state index contributed by atoms with van der Waals surface area (Å²) in [5.41, 5.74) is -0.383. The number of ether oxygens (including phenoxy) is 1. The average Bonchev–Trinajstić information content (AvgIpc) is 2.46. The second-order valence-electron chi connectivity index (χ2n) is 5.76. The van der Waals surface area contributed by atoms with Crippen LogP contribution in [0, 0.1) is 0 Å². The van der Waals surface area contributed by atoms with E-state index in [0.29, 0.717) is 6.04 Å². The third-order valence-electron chi connectivity index (χ3n) is 3.22. The van der Waals surface area contributed by atoms with Crippen LogP contribution in [0.3, 0.4) is 0 Å². The lowest BCUT2D eigenvalue weighted by Crippen LogP contribution is -2.47. The van der Waals surface area contributed by atoms with Gasteiger partial charge >= 0.3 is 6.09 Å². The topological polar surface area (TPSA) is 32.8 Å². The van der Waals surface area contributed by atoms with Gasteiger partial charge in [-0.1, -0.05) is 0 Å². The fourth-order valence-corrected chi connectivity index (χ4v) is 2.24. The molecule has 2 saturated heterocycles. The van der Waals surface area contributed by atoms with Crippen molar-refractivity contribution in [3.63, 3.8) is 0 Å². The minimum atomic E-state index is -0.383. The van der Waals surface area contributed by atoms with Crippen LogP contribution in [0.1, 0.15) is 33.6 Å². The molecule has 2 fully saturated rings. The Labute approximate surface area is 97.5 Å². The lowest BCUT2D eigenvalue weighted by Gasteiger charge is -2.36. The first-order valence-corrected chi connectivity index (χ1v) is 6.18. The molecule has 0 aromatic carbocycles. The van der Waals surface area contributed by atoms with Crippen molar-refractivity contribution in [3.8, 4) is 0 Å².